The van der Waals surface area contributed by atoms with Crippen LogP contribution in [0.4, 0.5) is 0 Å². The smallest absolute Gasteiger partial charge is 0.199 e. The van der Waals surface area contributed by atoms with Crippen LogP contribution in [0.2, 0.25) is 0 Å². The maximum Gasteiger partial charge on any atom is 0.199 e. The Morgan fingerprint density at radius 3 is 2.07 bits per heavy atom. The number of hydrogen-bond acceptors (Lipinski definition) is 5. The molecule has 1 heterocycles. The van der Waals surface area contributed by atoms with Crippen molar-refractivity contribution in [1.82, 2.24) is 0 Å². The molecule has 0 N–H and O–H groups in total. The van der Waals surface area contributed by atoms with Gasteiger partial charge in [0.05, 0.1) is 21.2 Å². The molecule has 0 aliphatic carbocycles. The summed E-state index contributed by atoms with van der Waals surface area (Å²) in [6, 6.07) is 22.9. The zero-order chi connectivity index (χ0) is 21.8. The summed E-state index contributed by atoms with van der Waals surface area (Å²) >= 11 is 0. The van der Waals surface area contributed by atoms with Gasteiger partial charge in [0.2, 0.25) is 0 Å². The number of aromatic nitrogens is 1. The topological polar surface area (TPSA) is 65.7 Å². The zero-order valence-corrected chi connectivity index (χ0v) is 17.4. The average Bonchev–Trinajstić information content (AvgIpc) is 2.78. The van der Waals surface area contributed by atoms with E-state index >= 15 is 0 Å². The second kappa shape index (κ2) is 11.9. The number of carbonyl (C=O) groups is 1. The standard InChI is InChI=1S/C17H16O4.C7H11N2/c1-20-16(17(18)19)11-13-7-9-15(10-8-13)21-12-14-5-3-2-4-6-14;1-8(2)9-6-4-3-5-7-9/h2-11H,12H2,1H3,(H,18,19);3-7H,1-2H3/q;+1/p-1/b16-11-;. The first-order chi connectivity index (χ1) is 14.5. The number of pyridine rings is 1. The van der Waals surface area contributed by atoms with Crippen LogP contribution in [-0.4, -0.2) is 27.2 Å². The van der Waals surface area contributed by atoms with Crippen LogP contribution in [0, 0.1) is 0 Å². The van der Waals surface area contributed by atoms with Crippen molar-refractivity contribution in [3.05, 3.63) is 102 Å². The molecule has 0 bridgehead atoms. The Bertz CT molecular complexity index is 924. The van der Waals surface area contributed by atoms with E-state index in [0.717, 1.165) is 5.56 Å². The maximum atomic E-state index is 10.7. The van der Waals surface area contributed by atoms with Gasteiger partial charge in [-0.3, -0.25) is 0 Å². The lowest BCUT2D eigenvalue weighted by molar-refractivity contribution is -0.687. The van der Waals surface area contributed by atoms with Crippen molar-refractivity contribution >= 4 is 12.0 Å². The van der Waals surface area contributed by atoms with Crippen LogP contribution in [0.1, 0.15) is 11.1 Å². The van der Waals surface area contributed by atoms with Gasteiger partial charge in [-0.15, -0.1) is 0 Å². The lowest BCUT2D eigenvalue weighted by Crippen LogP contribution is -2.51. The molecule has 0 saturated carbocycles. The van der Waals surface area contributed by atoms with Crippen molar-refractivity contribution in [2.45, 2.75) is 6.61 Å². The monoisotopic (exact) mass is 406 g/mol. The van der Waals surface area contributed by atoms with E-state index < -0.39 is 5.97 Å². The van der Waals surface area contributed by atoms with E-state index in [9.17, 15) is 9.90 Å². The molecule has 6 heteroatoms. The molecular formula is C24H26N2O4. The molecule has 3 rings (SSSR count). The van der Waals surface area contributed by atoms with Crippen molar-refractivity contribution in [2.24, 2.45) is 0 Å². The third-order valence-corrected chi connectivity index (χ3v) is 4.01. The molecule has 2 aromatic carbocycles. The lowest BCUT2D eigenvalue weighted by atomic mass is 10.2. The highest BCUT2D eigenvalue weighted by Crippen LogP contribution is 2.16. The van der Waals surface area contributed by atoms with Gasteiger partial charge in [-0.25, -0.2) is 0 Å². The van der Waals surface area contributed by atoms with E-state index in [2.05, 4.69) is 0 Å². The van der Waals surface area contributed by atoms with Crippen LogP contribution < -0.4 is 19.5 Å². The molecule has 0 aliphatic heterocycles. The fourth-order valence-electron chi connectivity index (χ4n) is 2.41. The molecule has 0 amide bonds. The van der Waals surface area contributed by atoms with E-state index in [1.807, 2.05) is 84.7 Å². The van der Waals surface area contributed by atoms with Crippen molar-refractivity contribution < 1.29 is 24.1 Å². The summed E-state index contributed by atoms with van der Waals surface area (Å²) in [5, 5.41) is 12.7. The number of aliphatic carboxylic acids is 1. The molecule has 6 nitrogen and oxygen atoms in total. The molecule has 0 fully saturated rings. The van der Waals surface area contributed by atoms with E-state index in [-0.39, 0.29) is 5.76 Å². The second-order valence-corrected chi connectivity index (χ2v) is 6.45. The quantitative estimate of drug-likeness (QED) is 0.342. The molecular weight excluding hydrogens is 380 g/mol. The second-order valence-electron chi connectivity index (χ2n) is 6.45. The number of benzene rings is 2. The molecule has 0 radical (unpaired) electrons. The van der Waals surface area contributed by atoms with Gasteiger partial charge in [-0.2, -0.15) is 5.01 Å². The fourth-order valence-corrected chi connectivity index (χ4v) is 2.41. The number of carboxylic acid groups (broad SMARTS) is 1. The van der Waals surface area contributed by atoms with Gasteiger partial charge >= 0.3 is 0 Å². The Hall–Kier alpha value is -3.80. The van der Waals surface area contributed by atoms with Gasteiger partial charge in [0.25, 0.3) is 0 Å². The minimum absolute atomic E-state index is 0.215. The summed E-state index contributed by atoms with van der Waals surface area (Å²) < 4.78 is 12.4. The number of hydrogen-bond donors (Lipinski definition) is 0. The molecule has 0 unspecified atom stereocenters. The largest absolute Gasteiger partial charge is 0.542 e. The number of ether oxygens (including phenoxy) is 2. The molecule has 0 aliphatic rings. The highest BCUT2D eigenvalue weighted by Gasteiger charge is 2.00. The Balaban J connectivity index is 0.000000297. The van der Waals surface area contributed by atoms with Gasteiger partial charge < -0.3 is 19.4 Å². The summed E-state index contributed by atoms with van der Waals surface area (Å²) in [5.41, 5.74) is 1.78. The van der Waals surface area contributed by atoms with E-state index in [1.54, 1.807) is 24.3 Å². The number of nitrogens with zero attached hydrogens (tertiary/aromatic N) is 2. The van der Waals surface area contributed by atoms with Crippen LogP contribution in [0.3, 0.4) is 0 Å². The molecule has 3 aromatic rings. The van der Waals surface area contributed by atoms with Gasteiger partial charge in [0, 0.05) is 12.1 Å². The van der Waals surface area contributed by atoms with E-state index in [0.29, 0.717) is 17.9 Å². The van der Waals surface area contributed by atoms with Crippen molar-refractivity contribution in [2.75, 3.05) is 26.2 Å². The average molecular weight is 406 g/mol. The van der Waals surface area contributed by atoms with Crippen molar-refractivity contribution in [1.29, 1.82) is 0 Å². The molecule has 0 saturated heterocycles. The van der Waals surface area contributed by atoms with Crippen LogP contribution in [0.5, 0.6) is 5.75 Å². The summed E-state index contributed by atoms with van der Waals surface area (Å²) in [5.74, 6) is -0.849. The van der Waals surface area contributed by atoms with Crippen LogP contribution in [0.25, 0.3) is 6.08 Å². The molecule has 1 aromatic heterocycles. The summed E-state index contributed by atoms with van der Waals surface area (Å²) in [6.07, 6.45) is 5.40. The number of rotatable bonds is 7. The van der Waals surface area contributed by atoms with Crippen molar-refractivity contribution in [3.8, 4) is 5.75 Å². The fraction of sp³-hybridized carbons (Fsp3) is 0.167. The number of carboxylic acids is 1. The Kier molecular flexibility index (Phi) is 8.93. The Morgan fingerprint density at radius 1 is 0.967 bits per heavy atom. The minimum atomic E-state index is -1.35. The maximum absolute atomic E-state index is 10.7. The Labute approximate surface area is 177 Å². The van der Waals surface area contributed by atoms with Crippen LogP contribution in [0.15, 0.2) is 90.9 Å². The number of methoxy groups -OCH3 is 1. The molecule has 0 spiro atoms. The van der Waals surface area contributed by atoms with Crippen LogP contribution in [-0.2, 0) is 16.1 Å². The first-order valence-electron chi connectivity index (χ1n) is 9.37. The molecule has 30 heavy (non-hydrogen) atoms. The third-order valence-electron chi connectivity index (χ3n) is 4.01. The summed E-state index contributed by atoms with van der Waals surface area (Å²) in [4.78, 5) is 10.7. The first-order valence-corrected chi connectivity index (χ1v) is 9.37. The van der Waals surface area contributed by atoms with E-state index in [4.69, 9.17) is 9.47 Å². The van der Waals surface area contributed by atoms with Gasteiger partial charge in [-0.1, -0.05) is 53.2 Å². The van der Waals surface area contributed by atoms with Gasteiger partial charge in [0.1, 0.15) is 24.1 Å². The predicted molar refractivity (Wildman–Crippen MR) is 114 cm³/mol. The van der Waals surface area contributed by atoms with Crippen molar-refractivity contribution in [3.63, 3.8) is 0 Å². The summed E-state index contributed by atoms with van der Waals surface area (Å²) in [7, 11) is 5.29. The Morgan fingerprint density at radius 2 is 1.57 bits per heavy atom. The molecule has 0 atom stereocenters. The first kappa shape index (κ1) is 22.5. The SMILES string of the molecule is CN(C)[n+]1ccccc1.CO/C(=C\c1ccc(OCc2ccccc2)cc1)C(=O)[O-]. The zero-order valence-electron chi connectivity index (χ0n) is 17.4. The van der Waals surface area contributed by atoms with Gasteiger partial charge in [-0.05, 0) is 29.3 Å². The molecule has 156 valence electrons. The van der Waals surface area contributed by atoms with Gasteiger partial charge in [0.15, 0.2) is 12.4 Å². The third kappa shape index (κ3) is 7.67. The number of carbonyl (C=O) groups excluding carboxylic acids is 1. The normalized spacial score (nSPS) is 10.4. The van der Waals surface area contributed by atoms with Crippen LogP contribution >= 0.6 is 0 Å². The lowest BCUT2D eigenvalue weighted by Gasteiger charge is -2.08. The van der Waals surface area contributed by atoms with E-state index in [1.165, 1.54) is 13.2 Å². The minimum Gasteiger partial charge on any atom is -0.542 e. The highest BCUT2D eigenvalue weighted by atomic mass is 16.5. The summed E-state index contributed by atoms with van der Waals surface area (Å²) in [6.45, 7) is 0.485. The predicted octanol–water partition coefficient (Wildman–Crippen LogP) is 2.17. The highest BCUT2D eigenvalue weighted by molar-refractivity contribution is 5.88.